The van der Waals surface area contributed by atoms with E-state index in [0.29, 0.717) is 46.9 Å². The molecule has 8 nitrogen and oxygen atoms in total. The van der Waals surface area contributed by atoms with Crippen LogP contribution in [0.3, 0.4) is 0 Å². The zero-order valence-electron chi connectivity index (χ0n) is 18.1. The number of anilines is 1. The summed E-state index contributed by atoms with van der Waals surface area (Å²) in [6.45, 7) is 10.4. The highest BCUT2D eigenvalue weighted by atomic mass is 19.1. The van der Waals surface area contributed by atoms with Gasteiger partial charge in [-0.05, 0) is 56.8 Å². The zero-order valence-corrected chi connectivity index (χ0v) is 18.1. The van der Waals surface area contributed by atoms with Crippen molar-refractivity contribution < 1.29 is 14.0 Å². The first-order valence-electron chi connectivity index (χ1n) is 10.2. The summed E-state index contributed by atoms with van der Waals surface area (Å²) in [5.41, 5.74) is 2.62. The highest BCUT2D eigenvalue weighted by molar-refractivity contribution is 6.35. The number of halogens is 1. The molecule has 9 heteroatoms. The lowest BCUT2D eigenvalue weighted by atomic mass is 10.0. The van der Waals surface area contributed by atoms with Crippen LogP contribution in [0.15, 0.2) is 23.5 Å². The number of amides is 2. The second-order valence-electron chi connectivity index (χ2n) is 7.35. The van der Waals surface area contributed by atoms with E-state index in [9.17, 15) is 18.9 Å². The minimum absolute atomic E-state index is 0.202. The van der Waals surface area contributed by atoms with Crippen molar-refractivity contribution in [1.82, 2.24) is 14.9 Å². The Morgan fingerprint density at radius 3 is 2.65 bits per heavy atom. The number of rotatable bonds is 8. The molecule has 1 aliphatic rings. The van der Waals surface area contributed by atoms with Crippen molar-refractivity contribution in [3.63, 3.8) is 0 Å². The summed E-state index contributed by atoms with van der Waals surface area (Å²) < 4.78 is 14.8. The molecule has 0 fully saturated rings. The average Bonchev–Trinajstić information content (AvgIpc) is 3.17. The van der Waals surface area contributed by atoms with Gasteiger partial charge in [0.15, 0.2) is 0 Å². The Balaban J connectivity index is 1.96. The van der Waals surface area contributed by atoms with E-state index in [-0.39, 0.29) is 11.5 Å². The molecule has 3 rings (SSSR count). The van der Waals surface area contributed by atoms with Crippen LogP contribution in [0, 0.1) is 24.6 Å². The molecular formula is C22H26FN5O3. The van der Waals surface area contributed by atoms with Crippen molar-refractivity contribution in [3.05, 3.63) is 57.0 Å². The number of benzene rings is 1. The number of aromatic nitrogens is 1. The van der Waals surface area contributed by atoms with Crippen molar-refractivity contribution in [1.29, 1.82) is 0 Å². The quantitative estimate of drug-likeness (QED) is 0.499. The van der Waals surface area contributed by atoms with Gasteiger partial charge in [0.05, 0.1) is 27.8 Å². The van der Waals surface area contributed by atoms with Crippen molar-refractivity contribution in [2.45, 2.75) is 27.7 Å². The smallest absolute Gasteiger partial charge is 0.256 e. The van der Waals surface area contributed by atoms with Gasteiger partial charge in [0.25, 0.3) is 11.8 Å². The van der Waals surface area contributed by atoms with Crippen molar-refractivity contribution in [2.24, 2.45) is 5.29 Å². The second kappa shape index (κ2) is 9.22. The molecule has 1 aromatic heterocycles. The number of carbonyl (C=O) groups is 2. The number of hydrogen-bond acceptors (Lipinski definition) is 5. The Bertz CT molecular complexity index is 1070. The van der Waals surface area contributed by atoms with Gasteiger partial charge in [-0.3, -0.25) is 9.59 Å². The molecule has 2 N–H and O–H groups in total. The topological polar surface area (TPSA) is 95.8 Å². The molecule has 2 heterocycles. The van der Waals surface area contributed by atoms with Gasteiger partial charge in [-0.1, -0.05) is 13.8 Å². The van der Waals surface area contributed by atoms with E-state index < -0.39 is 11.7 Å². The lowest BCUT2D eigenvalue weighted by molar-refractivity contribution is -0.110. The average molecular weight is 427 g/mol. The molecule has 0 saturated heterocycles. The summed E-state index contributed by atoms with van der Waals surface area (Å²) in [7, 11) is 0. The fourth-order valence-corrected chi connectivity index (χ4v) is 3.85. The number of fused-ring (bicyclic) bond motifs is 1. The maximum absolute atomic E-state index is 13.7. The van der Waals surface area contributed by atoms with Crippen LogP contribution in [0.1, 0.15) is 46.7 Å². The Hall–Kier alpha value is -3.33. The van der Waals surface area contributed by atoms with Gasteiger partial charge in [0, 0.05) is 24.3 Å². The first-order valence-corrected chi connectivity index (χ1v) is 10.2. The summed E-state index contributed by atoms with van der Waals surface area (Å²) in [5.74, 6) is -1.21. The Morgan fingerprint density at radius 1 is 1.29 bits per heavy atom. The van der Waals surface area contributed by atoms with Gasteiger partial charge < -0.3 is 15.5 Å². The van der Waals surface area contributed by atoms with E-state index in [1.165, 1.54) is 24.3 Å². The van der Waals surface area contributed by atoms with Crippen molar-refractivity contribution in [2.75, 3.05) is 31.5 Å². The molecule has 31 heavy (non-hydrogen) atoms. The van der Waals surface area contributed by atoms with Gasteiger partial charge in [0.2, 0.25) is 0 Å². The summed E-state index contributed by atoms with van der Waals surface area (Å²) >= 11 is 0. The molecule has 0 radical (unpaired) electrons. The SMILES string of the molecule is CCN(CC)CCNC(=O)c1c(C)c(/C=C2\C(=O)Nc3ccc(F)cc32)n(N=O)c1C. The molecule has 2 amide bonds. The summed E-state index contributed by atoms with van der Waals surface area (Å²) in [6, 6.07) is 3.99. The van der Waals surface area contributed by atoms with Gasteiger partial charge in [-0.15, -0.1) is 4.91 Å². The molecule has 0 saturated carbocycles. The molecule has 0 bridgehead atoms. The van der Waals surface area contributed by atoms with Crippen LogP contribution in [0.2, 0.25) is 0 Å². The van der Waals surface area contributed by atoms with Crippen LogP contribution in [0.5, 0.6) is 0 Å². The minimum atomic E-state index is -0.480. The summed E-state index contributed by atoms with van der Waals surface area (Å²) in [5, 5.41) is 8.59. The Morgan fingerprint density at radius 2 is 2.00 bits per heavy atom. The maximum Gasteiger partial charge on any atom is 0.256 e. The van der Waals surface area contributed by atoms with Crippen molar-refractivity contribution in [3.8, 4) is 0 Å². The molecule has 0 spiro atoms. The van der Waals surface area contributed by atoms with Crippen LogP contribution in [-0.4, -0.2) is 47.6 Å². The van der Waals surface area contributed by atoms with E-state index in [1.807, 2.05) is 0 Å². The van der Waals surface area contributed by atoms with Crippen LogP contribution in [0.4, 0.5) is 10.1 Å². The maximum atomic E-state index is 13.7. The number of hydrogen-bond donors (Lipinski definition) is 2. The third kappa shape index (κ3) is 4.27. The van der Waals surface area contributed by atoms with E-state index in [4.69, 9.17) is 0 Å². The minimum Gasteiger partial charge on any atom is -0.351 e. The molecule has 1 aromatic carbocycles. The highest BCUT2D eigenvalue weighted by Crippen LogP contribution is 2.35. The van der Waals surface area contributed by atoms with Crippen LogP contribution < -0.4 is 10.6 Å². The first kappa shape index (κ1) is 22.4. The zero-order chi connectivity index (χ0) is 22.7. The van der Waals surface area contributed by atoms with Gasteiger partial charge in [-0.25, -0.2) is 9.07 Å². The third-order valence-electron chi connectivity index (χ3n) is 5.63. The van der Waals surface area contributed by atoms with Crippen LogP contribution in [-0.2, 0) is 4.79 Å². The number of carbonyl (C=O) groups excluding carboxylic acids is 2. The van der Waals surface area contributed by atoms with E-state index in [0.717, 1.165) is 17.8 Å². The molecule has 164 valence electrons. The highest BCUT2D eigenvalue weighted by Gasteiger charge is 2.28. The monoisotopic (exact) mass is 427 g/mol. The molecule has 0 aliphatic carbocycles. The van der Waals surface area contributed by atoms with Gasteiger partial charge >= 0.3 is 0 Å². The van der Waals surface area contributed by atoms with Gasteiger partial charge in [0.1, 0.15) is 5.82 Å². The lowest BCUT2D eigenvalue weighted by Crippen LogP contribution is -2.35. The predicted molar refractivity (Wildman–Crippen MR) is 118 cm³/mol. The summed E-state index contributed by atoms with van der Waals surface area (Å²) in [4.78, 5) is 39.0. The lowest BCUT2D eigenvalue weighted by Gasteiger charge is -2.18. The fraction of sp³-hybridized carbons (Fsp3) is 0.364. The van der Waals surface area contributed by atoms with Crippen LogP contribution in [0.25, 0.3) is 11.6 Å². The largest absolute Gasteiger partial charge is 0.351 e. The molecule has 0 atom stereocenters. The van der Waals surface area contributed by atoms with Gasteiger partial charge in [-0.2, -0.15) is 0 Å². The Kier molecular flexibility index (Phi) is 6.65. The molecular weight excluding hydrogens is 401 g/mol. The van der Waals surface area contributed by atoms with E-state index in [1.54, 1.807) is 13.8 Å². The van der Waals surface area contributed by atoms with E-state index in [2.05, 4.69) is 34.7 Å². The number of nitroso groups, excluding NO2 is 1. The number of likely N-dealkylation sites (N-methyl/N-ethyl adjacent to an activating group) is 1. The fourth-order valence-electron chi connectivity index (χ4n) is 3.85. The van der Waals surface area contributed by atoms with E-state index >= 15 is 0 Å². The number of nitrogens with zero attached hydrogens (tertiary/aromatic N) is 3. The molecule has 2 aromatic rings. The standard InChI is InChI=1S/C22H26FN5O3/c1-5-27(6-2)10-9-24-22(30)20-13(3)19(28(26-31)14(20)4)12-17-16-11-15(23)7-8-18(16)25-21(17)29/h7-8,11-12H,5-6,9-10H2,1-4H3,(H,24,30)(H,25,29)/b17-12-. The first-order chi connectivity index (χ1) is 14.8. The second-order valence-corrected chi connectivity index (χ2v) is 7.35. The third-order valence-corrected chi connectivity index (χ3v) is 5.63. The normalized spacial score (nSPS) is 14.1. The molecule has 1 aliphatic heterocycles. The van der Waals surface area contributed by atoms with Crippen molar-refractivity contribution >= 4 is 29.2 Å². The number of nitrogens with one attached hydrogen (secondary N) is 2. The van der Waals surface area contributed by atoms with Crippen LogP contribution >= 0.6 is 0 Å². The Labute approximate surface area is 180 Å². The predicted octanol–water partition coefficient (Wildman–Crippen LogP) is 3.34. The summed E-state index contributed by atoms with van der Waals surface area (Å²) in [6.07, 6.45) is 1.47. The molecule has 0 unspecified atom stereocenters.